The summed E-state index contributed by atoms with van der Waals surface area (Å²) in [6, 6.07) is 19.0. The van der Waals surface area contributed by atoms with Crippen LogP contribution in [0, 0.1) is 0 Å². The molecule has 0 bridgehead atoms. The van der Waals surface area contributed by atoms with E-state index in [1.807, 2.05) is 12.1 Å². The molecule has 0 unspecified atom stereocenters. The fourth-order valence-corrected chi connectivity index (χ4v) is 3.83. The molecule has 1 aliphatic heterocycles. The molecule has 0 radical (unpaired) electrons. The SMILES string of the molecule is CCOC(=O)c1ccc(N2CCN(Cc3ccccc3)CC2)c(NC(=O)c2ccco2)c1. The van der Waals surface area contributed by atoms with E-state index in [2.05, 4.69) is 39.4 Å². The van der Waals surface area contributed by atoms with Gasteiger partial charge in [0.2, 0.25) is 0 Å². The number of benzene rings is 2. The van der Waals surface area contributed by atoms with E-state index in [0.29, 0.717) is 11.3 Å². The number of nitrogens with zero attached hydrogens (tertiary/aromatic N) is 2. The van der Waals surface area contributed by atoms with Crippen LogP contribution < -0.4 is 10.2 Å². The number of esters is 1. The van der Waals surface area contributed by atoms with Crippen molar-refractivity contribution >= 4 is 23.3 Å². The quantitative estimate of drug-likeness (QED) is 0.567. The van der Waals surface area contributed by atoms with E-state index in [-0.39, 0.29) is 18.3 Å². The topological polar surface area (TPSA) is 75.0 Å². The largest absolute Gasteiger partial charge is 0.462 e. The third-order valence-electron chi connectivity index (χ3n) is 5.46. The summed E-state index contributed by atoms with van der Waals surface area (Å²) in [5.41, 5.74) is 3.13. The van der Waals surface area contributed by atoms with Crippen LogP contribution in [0.15, 0.2) is 71.3 Å². The van der Waals surface area contributed by atoms with Crippen LogP contribution in [0.25, 0.3) is 0 Å². The fraction of sp³-hybridized carbons (Fsp3) is 0.280. The number of anilines is 2. The highest BCUT2D eigenvalue weighted by Crippen LogP contribution is 2.29. The lowest BCUT2D eigenvalue weighted by molar-refractivity contribution is 0.0526. The second-order valence-electron chi connectivity index (χ2n) is 7.63. The lowest BCUT2D eigenvalue weighted by atomic mass is 10.1. The highest BCUT2D eigenvalue weighted by molar-refractivity contribution is 6.05. The smallest absolute Gasteiger partial charge is 0.338 e. The van der Waals surface area contributed by atoms with Crippen LogP contribution in [-0.2, 0) is 11.3 Å². The summed E-state index contributed by atoms with van der Waals surface area (Å²) in [5.74, 6) is -0.564. The average Bonchev–Trinajstić information content (AvgIpc) is 3.36. The molecule has 3 aromatic rings. The zero-order valence-electron chi connectivity index (χ0n) is 18.1. The fourth-order valence-electron chi connectivity index (χ4n) is 3.83. The normalized spacial score (nSPS) is 14.2. The first kappa shape index (κ1) is 21.6. The van der Waals surface area contributed by atoms with Crippen LogP contribution in [0.3, 0.4) is 0 Å². The molecule has 0 atom stereocenters. The number of piperazine rings is 1. The Labute approximate surface area is 187 Å². The second kappa shape index (κ2) is 10.2. The number of hydrogen-bond donors (Lipinski definition) is 1. The molecule has 2 aromatic carbocycles. The molecule has 7 heteroatoms. The first-order valence-corrected chi connectivity index (χ1v) is 10.8. The predicted molar refractivity (Wildman–Crippen MR) is 123 cm³/mol. The van der Waals surface area contributed by atoms with Crippen LogP contribution >= 0.6 is 0 Å². The minimum Gasteiger partial charge on any atom is -0.462 e. The van der Waals surface area contributed by atoms with E-state index in [9.17, 15) is 9.59 Å². The zero-order valence-corrected chi connectivity index (χ0v) is 18.1. The Bertz CT molecular complexity index is 1040. The van der Waals surface area contributed by atoms with E-state index >= 15 is 0 Å². The molecule has 32 heavy (non-hydrogen) atoms. The van der Waals surface area contributed by atoms with Gasteiger partial charge in [-0.3, -0.25) is 9.69 Å². The van der Waals surface area contributed by atoms with E-state index < -0.39 is 5.97 Å². The molecule has 1 amide bonds. The van der Waals surface area contributed by atoms with Gasteiger partial charge in [0.25, 0.3) is 5.91 Å². The molecule has 4 rings (SSSR count). The van der Waals surface area contributed by atoms with Gasteiger partial charge in [-0.1, -0.05) is 30.3 Å². The van der Waals surface area contributed by atoms with Crippen molar-refractivity contribution in [2.75, 3.05) is 43.0 Å². The van der Waals surface area contributed by atoms with E-state index in [4.69, 9.17) is 9.15 Å². The molecule has 1 aliphatic rings. The van der Waals surface area contributed by atoms with Crippen LogP contribution in [0.1, 0.15) is 33.4 Å². The van der Waals surface area contributed by atoms with Crippen LogP contribution in [0.5, 0.6) is 0 Å². The Hall–Kier alpha value is -3.58. The maximum absolute atomic E-state index is 12.6. The molecule has 0 spiro atoms. The van der Waals surface area contributed by atoms with Gasteiger partial charge in [0.1, 0.15) is 0 Å². The number of rotatable bonds is 7. The van der Waals surface area contributed by atoms with Crippen molar-refractivity contribution in [2.24, 2.45) is 0 Å². The number of carbonyl (C=O) groups is 2. The minimum absolute atomic E-state index is 0.213. The highest BCUT2D eigenvalue weighted by Gasteiger charge is 2.22. The van der Waals surface area contributed by atoms with Crippen LogP contribution in [0.2, 0.25) is 0 Å². The van der Waals surface area contributed by atoms with Gasteiger partial charge in [-0.05, 0) is 42.8 Å². The number of hydrogen-bond acceptors (Lipinski definition) is 6. The maximum atomic E-state index is 12.6. The van der Waals surface area contributed by atoms with Gasteiger partial charge in [-0.25, -0.2) is 4.79 Å². The van der Waals surface area contributed by atoms with E-state index in [1.54, 1.807) is 31.2 Å². The number of carbonyl (C=O) groups excluding carboxylic acids is 2. The molecule has 7 nitrogen and oxygen atoms in total. The number of nitrogens with one attached hydrogen (secondary N) is 1. The van der Waals surface area contributed by atoms with Gasteiger partial charge >= 0.3 is 5.97 Å². The summed E-state index contributed by atoms with van der Waals surface area (Å²) in [5, 5.41) is 2.90. The average molecular weight is 434 g/mol. The minimum atomic E-state index is -0.416. The molecule has 1 fully saturated rings. The standard InChI is InChI=1S/C25H27N3O4/c1-2-31-25(30)20-10-11-22(21(17-20)26-24(29)23-9-6-16-32-23)28-14-12-27(13-15-28)18-19-7-4-3-5-8-19/h3-11,16-17H,2,12-15,18H2,1H3,(H,26,29). The summed E-state index contributed by atoms with van der Waals surface area (Å²) in [4.78, 5) is 29.5. The van der Waals surface area contributed by atoms with Gasteiger partial charge in [-0.2, -0.15) is 0 Å². The molecular weight excluding hydrogens is 406 g/mol. The Kier molecular flexibility index (Phi) is 6.87. The lowest BCUT2D eigenvalue weighted by Gasteiger charge is -2.37. The third kappa shape index (κ3) is 5.18. The van der Waals surface area contributed by atoms with Crippen molar-refractivity contribution in [3.63, 3.8) is 0 Å². The first-order chi connectivity index (χ1) is 15.6. The monoisotopic (exact) mass is 433 g/mol. The summed E-state index contributed by atoms with van der Waals surface area (Å²) in [6.07, 6.45) is 1.46. The Balaban J connectivity index is 1.50. The maximum Gasteiger partial charge on any atom is 0.338 e. The molecule has 1 saturated heterocycles. The van der Waals surface area contributed by atoms with Gasteiger partial charge in [0.05, 0.1) is 29.8 Å². The number of amides is 1. The summed E-state index contributed by atoms with van der Waals surface area (Å²) in [6.45, 7) is 6.40. The molecule has 166 valence electrons. The molecule has 0 saturated carbocycles. The highest BCUT2D eigenvalue weighted by atomic mass is 16.5. The van der Waals surface area contributed by atoms with E-state index in [1.165, 1.54) is 11.8 Å². The number of furan rings is 1. The summed E-state index contributed by atoms with van der Waals surface area (Å²) >= 11 is 0. The van der Waals surface area contributed by atoms with Gasteiger partial charge in [0, 0.05) is 32.7 Å². The molecular formula is C25H27N3O4. The zero-order chi connectivity index (χ0) is 22.3. The Morgan fingerprint density at radius 2 is 1.78 bits per heavy atom. The van der Waals surface area contributed by atoms with Gasteiger partial charge < -0.3 is 19.4 Å². The van der Waals surface area contributed by atoms with Crippen molar-refractivity contribution in [3.05, 3.63) is 83.8 Å². The van der Waals surface area contributed by atoms with Gasteiger partial charge in [-0.15, -0.1) is 0 Å². The van der Waals surface area contributed by atoms with Crippen molar-refractivity contribution in [1.82, 2.24) is 4.90 Å². The lowest BCUT2D eigenvalue weighted by Crippen LogP contribution is -2.46. The van der Waals surface area contributed by atoms with Gasteiger partial charge in [0.15, 0.2) is 5.76 Å². The Morgan fingerprint density at radius 3 is 2.47 bits per heavy atom. The first-order valence-electron chi connectivity index (χ1n) is 10.8. The molecule has 2 heterocycles. The molecule has 1 N–H and O–H groups in total. The van der Waals surface area contributed by atoms with Crippen molar-refractivity contribution in [3.8, 4) is 0 Å². The van der Waals surface area contributed by atoms with Crippen LogP contribution in [-0.4, -0.2) is 49.6 Å². The second-order valence-corrected chi connectivity index (χ2v) is 7.63. The van der Waals surface area contributed by atoms with Crippen LogP contribution in [0.4, 0.5) is 11.4 Å². The third-order valence-corrected chi connectivity index (χ3v) is 5.46. The predicted octanol–water partition coefficient (Wildman–Crippen LogP) is 4.03. The summed E-state index contributed by atoms with van der Waals surface area (Å²) < 4.78 is 10.3. The molecule has 1 aromatic heterocycles. The van der Waals surface area contributed by atoms with Crippen molar-refractivity contribution in [1.29, 1.82) is 0 Å². The summed E-state index contributed by atoms with van der Waals surface area (Å²) in [7, 11) is 0. The number of ether oxygens (including phenoxy) is 1. The van der Waals surface area contributed by atoms with Crippen molar-refractivity contribution in [2.45, 2.75) is 13.5 Å². The van der Waals surface area contributed by atoms with Crippen molar-refractivity contribution < 1.29 is 18.7 Å². The Morgan fingerprint density at radius 1 is 1.00 bits per heavy atom. The van der Waals surface area contributed by atoms with E-state index in [0.717, 1.165) is 38.4 Å². The molecule has 0 aliphatic carbocycles.